The highest BCUT2D eigenvalue weighted by atomic mass is 16.5. The fourth-order valence-electron chi connectivity index (χ4n) is 1.85. The van der Waals surface area contributed by atoms with E-state index in [0.29, 0.717) is 19.2 Å². The van der Waals surface area contributed by atoms with Gasteiger partial charge in [0.25, 0.3) is 0 Å². The van der Waals surface area contributed by atoms with Crippen LogP contribution in [0.3, 0.4) is 0 Å². The van der Waals surface area contributed by atoms with Crippen molar-refractivity contribution in [1.82, 2.24) is 0 Å². The summed E-state index contributed by atoms with van der Waals surface area (Å²) in [6, 6.07) is 5.65. The maximum Gasteiger partial charge on any atom is 0.193 e. The molecule has 0 saturated heterocycles. The van der Waals surface area contributed by atoms with Gasteiger partial charge in [-0.1, -0.05) is 0 Å². The molecule has 0 spiro atoms. The van der Waals surface area contributed by atoms with E-state index >= 15 is 0 Å². The number of hydrogen-bond acceptors (Lipinski definition) is 3. The minimum Gasteiger partial charge on any atom is -0.494 e. The first-order valence-electron chi connectivity index (χ1n) is 7.19. The molecule has 0 radical (unpaired) electrons. The van der Waals surface area contributed by atoms with Crippen LogP contribution < -0.4 is 20.5 Å². The monoisotopic (exact) mass is 277 g/mol. The quantitative estimate of drug-likeness (QED) is 0.594. The minimum atomic E-state index is 0.423. The van der Waals surface area contributed by atoms with Gasteiger partial charge in [-0.15, -0.1) is 0 Å². The fourth-order valence-corrected chi connectivity index (χ4v) is 1.85. The summed E-state index contributed by atoms with van der Waals surface area (Å²) in [5.41, 5.74) is 6.70. The Kier molecular flexibility index (Phi) is 5.09. The summed E-state index contributed by atoms with van der Waals surface area (Å²) in [5.74, 6) is 2.68. The van der Waals surface area contributed by atoms with Gasteiger partial charge >= 0.3 is 0 Å². The van der Waals surface area contributed by atoms with E-state index in [1.165, 1.54) is 12.8 Å². The second-order valence-electron chi connectivity index (χ2n) is 4.82. The highest BCUT2D eigenvalue weighted by Crippen LogP contribution is 2.30. The molecular weight excluding hydrogens is 254 g/mol. The first-order chi connectivity index (χ1) is 9.72. The lowest BCUT2D eigenvalue weighted by Gasteiger charge is -2.13. The van der Waals surface area contributed by atoms with Gasteiger partial charge in [0, 0.05) is 12.6 Å². The number of aliphatic imine (C=N–C) groups is 1. The van der Waals surface area contributed by atoms with Crippen molar-refractivity contribution in [1.29, 1.82) is 0 Å². The van der Waals surface area contributed by atoms with Gasteiger partial charge in [0.2, 0.25) is 0 Å². The number of nitrogens with two attached hydrogens (primary N) is 1. The largest absolute Gasteiger partial charge is 0.494 e. The van der Waals surface area contributed by atoms with E-state index in [0.717, 1.165) is 29.6 Å². The summed E-state index contributed by atoms with van der Waals surface area (Å²) in [5, 5.41) is 3.10. The van der Waals surface area contributed by atoms with Crippen molar-refractivity contribution in [3.8, 4) is 11.5 Å². The standard InChI is InChI=1S/C15H23N3O2/c1-3-19-12-7-8-14(20-4-2)13(9-12)18-15(16)17-10-11-5-6-11/h7-9,11H,3-6,10H2,1-2H3,(H3,16,17,18). The van der Waals surface area contributed by atoms with E-state index in [4.69, 9.17) is 15.2 Å². The molecule has 0 amide bonds. The SMILES string of the molecule is CCOc1ccc(OCC)c(NC(N)=NCC2CC2)c1. The molecule has 110 valence electrons. The zero-order valence-corrected chi connectivity index (χ0v) is 12.2. The van der Waals surface area contributed by atoms with Crippen LogP contribution in [0.1, 0.15) is 26.7 Å². The Morgan fingerprint density at radius 2 is 2.05 bits per heavy atom. The molecular formula is C15H23N3O2. The summed E-state index contributed by atoms with van der Waals surface area (Å²) in [7, 11) is 0. The molecule has 0 aliphatic heterocycles. The first-order valence-corrected chi connectivity index (χ1v) is 7.19. The Morgan fingerprint density at radius 1 is 1.30 bits per heavy atom. The van der Waals surface area contributed by atoms with Crippen molar-refractivity contribution < 1.29 is 9.47 Å². The smallest absolute Gasteiger partial charge is 0.193 e. The Bertz CT molecular complexity index is 470. The van der Waals surface area contributed by atoms with E-state index < -0.39 is 0 Å². The average Bonchev–Trinajstić information content (AvgIpc) is 3.24. The van der Waals surface area contributed by atoms with Crippen LogP contribution in [0.25, 0.3) is 0 Å². The number of nitrogens with zero attached hydrogens (tertiary/aromatic N) is 1. The molecule has 0 bridgehead atoms. The van der Waals surface area contributed by atoms with Crippen LogP contribution in [0.15, 0.2) is 23.2 Å². The molecule has 20 heavy (non-hydrogen) atoms. The molecule has 0 aromatic heterocycles. The van der Waals surface area contributed by atoms with E-state index in [1.54, 1.807) is 0 Å². The summed E-state index contributed by atoms with van der Waals surface area (Å²) in [4.78, 5) is 4.35. The maximum absolute atomic E-state index is 5.91. The van der Waals surface area contributed by atoms with Gasteiger partial charge in [0.05, 0.1) is 18.9 Å². The number of hydrogen-bond donors (Lipinski definition) is 2. The van der Waals surface area contributed by atoms with Crippen molar-refractivity contribution in [2.24, 2.45) is 16.6 Å². The molecule has 1 saturated carbocycles. The van der Waals surface area contributed by atoms with Crippen LogP contribution in [0.4, 0.5) is 5.69 Å². The van der Waals surface area contributed by atoms with Crippen LogP contribution in [-0.2, 0) is 0 Å². The first kappa shape index (κ1) is 14.5. The van der Waals surface area contributed by atoms with E-state index in [2.05, 4.69) is 10.3 Å². The second kappa shape index (κ2) is 7.03. The molecule has 3 N–H and O–H groups in total. The van der Waals surface area contributed by atoms with Crippen LogP contribution in [-0.4, -0.2) is 25.7 Å². The number of rotatable bonds is 7. The van der Waals surface area contributed by atoms with E-state index in [-0.39, 0.29) is 0 Å². The summed E-state index contributed by atoms with van der Waals surface area (Å²) in [6.07, 6.45) is 2.53. The number of nitrogens with one attached hydrogen (secondary N) is 1. The molecule has 1 fully saturated rings. The summed E-state index contributed by atoms with van der Waals surface area (Å²) < 4.78 is 11.1. The highest BCUT2D eigenvalue weighted by Gasteiger charge is 2.20. The molecule has 2 rings (SSSR count). The topological polar surface area (TPSA) is 68.9 Å². The van der Waals surface area contributed by atoms with Crippen molar-refractivity contribution in [2.75, 3.05) is 25.1 Å². The lowest BCUT2D eigenvalue weighted by atomic mass is 10.2. The molecule has 0 atom stereocenters. The van der Waals surface area contributed by atoms with Gasteiger partial charge in [0.1, 0.15) is 11.5 Å². The number of guanidine groups is 1. The molecule has 0 heterocycles. The Labute approximate surface area is 120 Å². The zero-order chi connectivity index (χ0) is 14.4. The molecule has 1 aliphatic rings. The summed E-state index contributed by atoms with van der Waals surface area (Å²) in [6.45, 7) is 5.92. The molecule has 1 aromatic carbocycles. The molecule has 1 aliphatic carbocycles. The Balaban J connectivity index is 2.08. The van der Waals surface area contributed by atoms with E-state index in [9.17, 15) is 0 Å². The zero-order valence-electron chi connectivity index (χ0n) is 12.2. The number of anilines is 1. The average molecular weight is 277 g/mol. The van der Waals surface area contributed by atoms with Crippen LogP contribution >= 0.6 is 0 Å². The molecule has 1 aromatic rings. The van der Waals surface area contributed by atoms with Crippen LogP contribution in [0, 0.1) is 5.92 Å². The maximum atomic E-state index is 5.91. The Morgan fingerprint density at radius 3 is 2.70 bits per heavy atom. The second-order valence-corrected chi connectivity index (χ2v) is 4.82. The molecule has 5 heteroatoms. The van der Waals surface area contributed by atoms with E-state index in [1.807, 2.05) is 32.0 Å². The third-order valence-electron chi connectivity index (χ3n) is 3.04. The fraction of sp³-hybridized carbons (Fsp3) is 0.533. The van der Waals surface area contributed by atoms with Gasteiger partial charge in [-0.25, -0.2) is 0 Å². The van der Waals surface area contributed by atoms with Crippen molar-refractivity contribution >= 4 is 11.6 Å². The van der Waals surface area contributed by atoms with Gasteiger partial charge < -0.3 is 20.5 Å². The predicted octanol–water partition coefficient (Wildman–Crippen LogP) is 2.62. The summed E-state index contributed by atoms with van der Waals surface area (Å²) >= 11 is 0. The van der Waals surface area contributed by atoms with Gasteiger partial charge in [-0.05, 0) is 44.7 Å². The molecule has 5 nitrogen and oxygen atoms in total. The van der Waals surface area contributed by atoms with Crippen molar-refractivity contribution in [3.63, 3.8) is 0 Å². The minimum absolute atomic E-state index is 0.423. The third-order valence-corrected chi connectivity index (χ3v) is 3.04. The lowest BCUT2D eigenvalue weighted by molar-refractivity contribution is 0.332. The predicted molar refractivity (Wildman–Crippen MR) is 81.6 cm³/mol. The number of benzene rings is 1. The third kappa shape index (κ3) is 4.33. The van der Waals surface area contributed by atoms with Crippen LogP contribution in [0.2, 0.25) is 0 Å². The van der Waals surface area contributed by atoms with Crippen molar-refractivity contribution in [2.45, 2.75) is 26.7 Å². The highest BCUT2D eigenvalue weighted by molar-refractivity contribution is 5.94. The van der Waals surface area contributed by atoms with Gasteiger partial charge in [0.15, 0.2) is 5.96 Å². The van der Waals surface area contributed by atoms with Gasteiger partial charge in [-0.2, -0.15) is 0 Å². The number of ether oxygens (including phenoxy) is 2. The lowest BCUT2D eigenvalue weighted by Crippen LogP contribution is -2.23. The van der Waals surface area contributed by atoms with Crippen molar-refractivity contribution in [3.05, 3.63) is 18.2 Å². The van der Waals surface area contributed by atoms with Crippen LogP contribution in [0.5, 0.6) is 11.5 Å². The molecule has 0 unspecified atom stereocenters. The normalized spacial score (nSPS) is 15.0. The Hall–Kier alpha value is -1.91. The van der Waals surface area contributed by atoms with Gasteiger partial charge in [-0.3, -0.25) is 4.99 Å².